The van der Waals surface area contributed by atoms with E-state index in [0.29, 0.717) is 12.1 Å². The van der Waals surface area contributed by atoms with Crippen LogP contribution in [-0.2, 0) is 6.42 Å². The lowest BCUT2D eigenvalue weighted by Crippen LogP contribution is -2.31. The van der Waals surface area contributed by atoms with Crippen molar-refractivity contribution in [2.24, 2.45) is 0 Å². The molecule has 1 heterocycles. The van der Waals surface area contributed by atoms with Gasteiger partial charge in [-0.1, -0.05) is 18.2 Å². The number of rotatable bonds is 4. The first-order chi connectivity index (χ1) is 10.7. The topological polar surface area (TPSA) is 25.4 Å². The molecule has 0 N–H and O–H groups in total. The zero-order chi connectivity index (χ0) is 15.5. The third-order valence-electron chi connectivity index (χ3n) is 4.87. The molecule has 0 spiro atoms. The van der Waals surface area contributed by atoms with Crippen molar-refractivity contribution in [2.75, 3.05) is 14.2 Å². The van der Waals surface area contributed by atoms with Crippen molar-refractivity contribution in [2.45, 2.75) is 38.3 Å². The molecule has 2 aromatic rings. The lowest BCUT2D eigenvalue weighted by molar-refractivity contribution is 0.164. The van der Waals surface area contributed by atoms with Gasteiger partial charge in [0.15, 0.2) is 0 Å². The minimum Gasteiger partial charge on any atom is -0.497 e. The number of nitrogens with zero attached hydrogens (tertiary/aromatic N) is 2. The number of aromatic nitrogens is 1. The Hall–Kier alpha value is -1.87. The van der Waals surface area contributed by atoms with Crippen LogP contribution in [0.3, 0.4) is 0 Å². The average Bonchev–Trinajstić information content (AvgIpc) is 2.60. The Bertz CT molecular complexity index is 624. The summed E-state index contributed by atoms with van der Waals surface area (Å²) in [6.07, 6.45) is 5.50. The Labute approximate surface area is 132 Å². The molecule has 116 valence electrons. The van der Waals surface area contributed by atoms with Crippen molar-refractivity contribution < 1.29 is 4.74 Å². The highest BCUT2D eigenvalue weighted by Crippen LogP contribution is 2.36. The highest BCUT2D eigenvalue weighted by Gasteiger charge is 2.28. The number of hydrogen-bond acceptors (Lipinski definition) is 3. The Kier molecular flexibility index (Phi) is 4.44. The van der Waals surface area contributed by atoms with E-state index in [4.69, 9.17) is 4.74 Å². The first kappa shape index (κ1) is 15.0. The minimum absolute atomic E-state index is 0.351. The van der Waals surface area contributed by atoms with Crippen LogP contribution in [0.1, 0.15) is 48.7 Å². The standard InChI is InChI=1S/C19H24N2O/c1-14(15-9-11-17(22-3)12-10-15)21(2)18-8-4-6-16-7-5-13-20-19(16)18/h5,7,9-14,18H,4,6,8H2,1-3H3/t14-,18?/m1/s1. The Morgan fingerprint density at radius 2 is 2.00 bits per heavy atom. The van der Waals surface area contributed by atoms with Crippen molar-refractivity contribution in [3.8, 4) is 5.75 Å². The fourth-order valence-electron chi connectivity index (χ4n) is 3.37. The average molecular weight is 296 g/mol. The number of fused-ring (bicyclic) bond motifs is 1. The van der Waals surface area contributed by atoms with Crippen LogP contribution in [0.15, 0.2) is 42.6 Å². The molecule has 3 rings (SSSR count). The third-order valence-corrected chi connectivity index (χ3v) is 4.87. The van der Waals surface area contributed by atoms with E-state index in [0.717, 1.165) is 12.2 Å². The van der Waals surface area contributed by atoms with Crippen LogP contribution in [0.2, 0.25) is 0 Å². The predicted molar refractivity (Wildman–Crippen MR) is 89.1 cm³/mol. The van der Waals surface area contributed by atoms with E-state index >= 15 is 0 Å². The third kappa shape index (κ3) is 2.86. The van der Waals surface area contributed by atoms with Crippen molar-refractivity contribution in [1.82, 2.24) is 9.88 Å². The first-order valence-electron chi connectivity index (χ1n) is 8.00. The lowest BCUT2D eigenvalue weighted by Gasteiger charge is -2.36. The van der Waals surface area contributed by atoms with Crippen molar-refractivity contribution in [1.29, 1.82) is 0 Å². The number of aryl methyl sites for hydroxylation is 1. The largest absolute Gasteiger partial charge is 0.497 e. The normalized spacial score (nSPS) is 18.8. The van der Waals surface area contributed by atoms with Crippen LogP contribution in [0, 0.1) is 0 Å². The smallest absolute Gasteiger partial charge is 0.118 e. The summed E-state index contributed by atoms with van der Waals surface area (Å²) in [5, 5.41) is 0. The van der Waals surface area contributed by atoms with Crippen LogP contribution >= 0.6 is 0 Å². The van der Waals surface area contributed by atoms with Gasteiger partial charge >= 0.3 is 0 Å². The Morgan fingerprint density at radius 3 is 2.73 bits per heavy atom. The maximum atomic E-state index is 5.25. The summed E-state index contributed by atoms with van der Waals surface area (Å²) in [4.78, 5) is 7.11. The summed E-state index contributed by atoms with van der Waals surface area (Å²) in [6.45, 7) is 2.26. The zero-order valence-electron chi connectivity index (χ0n) is 13.6. The van der Waals surface area contributed by atoms with E-state index in [-0.39, 0.29) is 0 Å². The maximum absolute atomic E-state index is 5.25. The molecule has 0 bridgehead atoms. The maximum Gasteiger partial charge on any atom is 0.118 e. The Morgan fingerprint density at radius 1 is 1.23 bits per heavy atom. The molecule has 0 saturated heterocycles. The minimum atomic E-state index is 0.351. The number of pyridine rings is 1. The van der Waals surface area contributed by atoms with Crippen LogP contribution in [0.25, 0.3) is 0 Å². The van der Waals surface area contributed by atoms with Crippen molar-refractivity contribution in [3.63, 3.8) is 0 Å². The molecule has 0 saturated carbocycles. The van der Waals surface area contributed by atoms with Gasteiger partial charge in [0.25, 0.3) is 0 Å². The molecule has 1 aromatic carbocycles. The molecule has 3 heteroatoms. The molecule has 0 amide bonds. The summed E-state index contributed by atoms with van der Waals surface area (Å²) >= 11 is 0. The summed E-state index contributed by atoms with van der Waals surface area (Å²) in [6, 6.07) is 13.4. The lowest BCUT2D eigenvalue weighted by atomic mass is 9.90. The molecule has 0 radical (unpaired) electrons. The van der Waals surface area contributed by atoms with Gasteiger partial charge in [0.05, 0.1) is 18.8 Å². The number of hydrogen-bond donors (Lipinski definition) is 0. The zero-order valence-corrected chi connectivity index (χ0v) is 13.6. The molecule has 22 heavy (non-hydrogen) atoms. The van der Waals surface area contributed by atoms with E-state index in [1.807, 2.05) is 24.4 Å². The van der Waals surface area contributed by atoms with Crippen LogP contribution in [-0.4, -0.2) is 24.0 Å². The van der Waals surface area contributed by atoms with Gasteiger partial charge in [0, 0.05) is 12.2 Å². The van der Waals surface area contributed by atoms with Gasteiger partial charge in [-0.15, -0.1) is 0 Å². The quantitative estimate of drug-likeness (QED) is 0.847. The highest BCUT2D eigenvalue weighted by molar-refractivity contribution is 5.30. The molecule has 1 aliphatic carbocycles. The SMILES string of the molecule is COc1ccc([C@@H](C)N(C)C2CCCc3cccnc32)cc1. The van der Waals surface area contributed by atoms with Gasteiger partial charge < -0.3 is 4.74 Å². The number of ether oxygens (including phenoxy) is 1. The summed E-state index contributed by atoms with van der Waals surface area (Å²) in [7, 11) is 3.92. The van der Waals surface area contributed by atoms with Gasteiger partial charge in [0.1, 0.15) is 5.75 Å². The second-order valence-corrected chi connectivity index (χ2v) is 6.07. The van der Waals surface area contributed by atoms with Gasteiger partial charge in [0.2, 0.25) is 0 Å². The van der Waals surface area contributed by atoms with Crippen LogP contribution in [0.4, 0.5) is 0 Å². The van der Waals surface area contributed by atoms with Crippen molar-refractivity contribution in [3.05, 3.63) is 59.4 Å². The molecular weight excluding hydrogens is 272 g/mol. The molecule has 1 unspecified atom stereocenters. The van der Waals surface area contributed by atoms with Gasteiger partial charge in [-0.3, -0.25) is 9.88 Å². The van der Waals surface area contributed by atoms with Gasteiger partial charge in [-0.25, -0.2) is 0 Å². The van der Waals surface area contributed by atoms with E-state index in [9.17, 15) is 0 Å². The van der Waals surface area contributed by atoms with Crippen LogP contribution in [0.5, 0.6) is 5.75 Å². The second kappa shape index (κ2) is 6.49. The van der Waals surface area contributed by atoms with E-state index in [1.165, 1.54) is 29.7 Å². The molecular formula is C19H24N2O. The van der Waals surface area contributed by atoms with Crippen LogP contribution < -0.4 is 4.74 Å². The van der Waals surface area contributed by atoms with Gasteiger partial charge in [-0.05, 0) is 62.6 Å². The fraction of sp³-hybridized carbons (Fsp3) is 0.421. The van der Waals surface area contributed by atoms with Crippen molar-refractivity contribution >= 4 is 0 Å². The summed E-state index contributed by atoms with van der Waals surface area (Å²) in [5.74, 6) is 0.906. The predicted octanol–water partition coefficient (Wildman–Crippen LogP) is 4.16. The Balaban J connectivity index is 1.82. The monoisotopic (exact) mass is 296 g/mol. The summed E-state index contributed by atoms with van der Waals surface area (Å²) < 4.78 is 5.25. The summed E-state index contributed by atoms with van der Waals surface area (Å²) in [5.41, 5.74) is 3.98. The van der Waals surface area contributed by atoms with E-state index in [2.05, 4.69) is 42.1 Å². The fourth-order valence-corrected chi connectivity index (χ4v) is 3.37. The second-order valence-electron chi connectivity index (χ2n) is 6.07. The van der Waals surface area contributed by atoms with Gasteiger partial charge in [-0.2, -0.15) is 0 Å². The van der Waals surface area contributed by atoms with E-state index < -0.39 is 0 Å². The molecule has 0 fully saturated rings. The molecule has 2 atom stereocenters. The first-order valence-corrected chi connectivity index (χ1v) is 8.00. The highest BCUT2D eigenvalue weighted by atomic mass is 16.5. The molecule has 3 nitrogen and oxygen atoms in total. The number of benzene rings is 1. The van der Waals surface area contributed by atoms with E-state index in [1.54, 1.807) is 7.11 Å². The molecule has 1 aliphatic rings. The number of methoxy groups -OCH3 is 1. The molecule has 0 aliphatic heterocycles. The molecule has 1 aromatic heterocycles.